The number of thioether (sulfide) groups is 1. The second kappa shape index (κ2) is 8.95. The Morgan fingerprint density at radius 2 is 1.90 bits per heavy atom. The van der Waals surface area contributed by atoms with Crippen LogP contribution in [0, 0.1) is 11.6 Å². The van der Waals surface area contributed by atoms with Crippen LogP contribution < -0.4 is 0 Å². The normalized spacial score (nSPS) is 19.1. The van der Waals surface area contributed by atoms with Gasteiger partial charge < -0.3 is 9.80 Å². The minimum Gasteiger partial charge on any atom is -0.334 e. The van der Waals surface area contributed by atoms with Gasteiger partial charge in [0.05, 0.1) is 5.25 Å². The Morgan fingerprint density at radius 3 is 2.55 bits per heavy atom. The number of nitrogens with zero attached hydrogens (tertiary/aromatic N) is 2. The summed E-state index contributed by atoms with van der Waals surface area (Å²) < 4.78 is 27.9. The zero-order valence-electron chi connectivity index (χ0n) is 16.6. The van der Waals surface area contributed by atoms with Gasteiger partial charge >= 0.3 is 0 Å². The molecule has 1 fully saturated rings. The molecule has 2 amide bonds. The van der Waals surface area contributed by atoms with Gasteiger partial charge in [-0.3, -0.25) is 9.59 Å². The van der Waals surface area contributed by atoms with Crippen molar-refractivity contribution >= 4 is 23.6 Å². The summed E-state index contributed by atoms with van der Waals surface area (Å²) in [5.74, 6) is -1.20. The molecular weight excluding hydrogens is 394 g/mol. The van der Waals surface area contributed by atoms with Crippen LogP contribution in [0.4, 0.5) is 8.78 Å². The maximum Gasteiger partial charge on any atom is 0.254 e. The third-order valence-electron chi connectivity index (χ3n) is 4.96. The number of hydrogen-bond acceptors (Lipinski definition) is 3. The van der Waals surface area contributed by atoms with Crippen LogP contribution in [0.15, 0.2) is 48.5 Å². The Kier molecular flexibility index (Phi) is 6.57. The molecule has 2 aromatic carbocycles. The summed E-state index contributed by atoms with van der Waals surface area (Å²) in [5.41, 5.74) is 0.725. The molecule has 0 saturated carbocycles. The lowest BCUT2D eigenvalue weighted by molar-refractivity contribution is -0.130. The fraction of sp³-hybridized carbons (Fsp3) is 0.364. The molecule has 29 heavy (non-hydrogen) atoms. The fourth-order valence-corrected chi connectivity index (χ4v) is 4.75. The van der Waals surface area contributed by atoms with Gasteiger partial charge in [-0.15, -0.1) is 11.8 Å². The average molecular weight is 419 g/mol. The number of hydrogen-bond donors (Lipinski definition) is 0. The minimum atomic E-state index is -0.473. The van der Waals surface area contributed by atoms with E-state index in [1.807, 2.05) is 13.8 Å². The Labute approximate surface area is 173 Å². The minimum absolute atomic E-state index is 0.0786. The topological polar surface area (TPSA) is 40.6 Å². The number of amides is 2. The van der Waals surface area contributed by atoms with Gasteiger partial charge in [-0.25, -0.2) is 8.78 Å². The highest BCUT2D eigenvalue weighted by atomic mass is 32.2. The van der Waals surface area contributed by atoms with Crippen molar-refractivity contribution in [3.05, 3.63) is 71.3 Å². The van der Waals surface area contributed by atoms with Crippen LogP contribution in [0.5, 0.6) is 0 Å². The third-order valence-corrected chi connectivity index (χ3v) is 6.33. The van der Waals surface area contributed by atoms with Gasteiger partial charge in [-0.05, 0) is 45.0 Å². The van der Waals surface area contributed by atoms with E-state index in [9.17, 15) is 18.4 Å². The summed E-state index contributed by atoms with van der Waals surface area (Å²) in [6.45, 7) is 6.09. The predicted octanol–water partition coefficient (Wildman–Crippen LogP) is 4.48. The molecule has 0 aromatic heterocycles. The molecule has 2 aromatic rings. The molecular formula is C22H24F2N2O2S. The van der Waals surface area contributed by atoms with Crippen molar-refractivity contribution in [2.24, 2.45) is 0 Å². The van der Waals surface area contributed by atoms with Crippen molar-refractivity contribution in [3.8, 4) is 0 Å². The molecule has 1 heterocycles. The van der Waals surface area contributed by atoms with E-state index in [2.05, 4.69) is 0 Å². The van der Waals surface area contributed by atoms with Gasteiger partial charge in [-0.1, -0.05) is 24.3 Å². The second-order valence-electron chi connectivity index (χ2n) is 7.29. The lowest BCUT2D eigenvalue weighted by Gasteiger charge is -2.31. The lowest BCUT2D eigenvalue weighted by atomic mass is 10.1. The number of benzene rings is 2. The van der Waals surface area contributed by atoms with Crippen LogP contribution in [-0.4, -0.2) is 46.0 Å². The van der Waals surface area contributed by atoms with E-state index in [0.29, 0.717) is 5.56 Å². The smallest absolute Gasteiger partial charge is 0.254 e. The zero-order chi connectivity index (χ0) is 21.1. The van der Waals surface area contributed by atoms with Crippen molar-refractivity contribution in [3.63, 3.8) is 0 Å². The van der Waals surface area contributed by atoms with Gasteiger partial charge in [0, 0.05) is 30.3 Å². The molecule has 0 radical (unpaired) electrons. The van der Waals surface area contributed by atoms with Gasteiger partial charge in [0.25, 0.3) is 5.91 Å². The van der Waals surface area contributed by atoms with E-state index < -0.39 is 11.2 Å². The van der Waals surface area contributed by atoms with Crippen molar-refractivity contribution in [2.75, 3.05) is 13.1 Å². The van der Waals surface area contributed by atoms with Crippen LogP contribution in [0.1, 0.15) is 42.1 Å². The Morgan fingerprint density at radius 1 is 1.17 bits per heavy atom. The van der Waals surface area contributed by atoms with Gasteiger partial charge in [0.1, 0.15) is 17.0 Å². The molecule has 7 heteroatoms. The standard InChI is InChI=1S/C22H24F2N2O2S/c1-14(2)25(21(28)16-7-6-8-17(23)13-16)11-12-26-20(27)15(3)29-22(26)18-9-4-5-10-19(18)24/h4-10,13-15,22H,11-12H2,1-3H3. The van der Waals surface area contributed by atoms with Crippen molar-refractivity contribution in [1.29, 1.82) is 0 Å². The molecule has 2 unspecified atom stereocenters. The monoisotopic (exact) mass is 418 g/mol. The van der Waals surface area contributed by atoms with Crippen molar-refractivity contribution in [1.82, 2.24) is 9.80 Å². The molecule has 1 aliphatic rings. The summed E-state index contributed by atoms with van der Waals surface area (Å²) >= 11 is 1.40. The molecule has 0 bridgehead atoms. The molecule has 1 aliphatic heterocycles. The van der Waals surface area contributed by atoms with E-state index in [1.54, 1.807) is 41.0 Å². The van der Waals surface area contributed by atoms with Gasteiger partial charge in [-0.2, -0.15) is 0 Å². The van der Waals surface area contributed by atoms with E-state index in [-0.39, 0.29) is 47.6 Å². The molecule has 0 spiro atoms. The molecule has 154 valence electrons. The van der Waals surface area contributed by atoms with Crippen molar-refractivity contribution < 1.29 is 18.4 Å². The highest BCUT2D eigenvalue weighted by Gasteiger charge is 2.39. The van der Waals surface area contributed by atoms with Crippen LogP contribution in [0.25, 0.3) is 0 Å². The molecule has 2 atom stereocenters. The Bertz CT molecular complexity index is 906. The molecule has 3 rings (SSSR count). The number of halogens is 2. The Balaban J connectivity index is 1.79. The molecule has 1 saturated heterocycles. The number of carbonyl (C=O) groups is 2. The van der Waals surface area contributed by atoms with Crippen LogP contribution in [-0.2, 0) is 4.79 Å². The van der Waals surface area contributed by atoms with Gasteiger partial charge in [0.2, 0.25) is 5.91 Å². The van der Waals surface area contributed by atoms with Crippen LogP contribution >= 0.6 is 11.8 Å². The maximum atomic E-state index is 14.3. The second-order valence-corrected chi connectivity index (χ2v) is 8.71. The highest BCUT2D eigenvalue weighted by molar-refractivity contribution is 8.01. The maximum absolute atomic E-state index is 14.3. The number of carbonyl (C=O) groups excluding carboxylic acids is 2. The van der Waals surface area contributed by atoms with Crippen LogP contribution in [0.3, 0.4) is 0 Å². The summed E-state index contributed by atoms with van der Waals surface area (Å²) in [6.07, 6.45) is 0. The first-order valence-electron chi connectivity index (χ1n) is 9.56. The molecule has 0 aliphatic carbocycles. The van der Waals surface area contributed by atoms with E-state index in [1.165, 1.54) is 36.0 Å². The van der Waals surface area contributed by atoms with E-state index in [0.717, 1.165) is 0 Å². The lowest BCUT2D eigenvalue weighted by Crippen LogP contribution is -2.44. The fourth-order valence-electron chi connectivity index (χ4n) is 3.42. The predicted molar refractivity (Wildman–Crippen MR) is 110 cm³/mol. The summed E-state index contributed by atoms with van der Waals surface area (Å²) in [7, 11) is 0. The van der Waals surface area contributed by atoms with E-state index >= 15 is 0 Å². The summed E-state index contributed by atoms with van der Waals surface area (Å²) in [5, 5.41) is -0.719. The largest absolute Gasteiger partial charge is 0.334 e. The summed E-state index contributed by atoms with van der Waals surface area (Å²) in [4.78, 5) is 28.8. The zero-order valence-corrected chi connectivity index (χ0v) is 17.5. The molecule has 4 nitrogen and oxygen atoms in total. The SMILES string of the molecule is CC1SC(c2ccccc2F)N(CCN(C(=O)c2cccc(F)c2)C(C)C)C1=O. The highest BCUT2D eigenvalue weighted by Crippen LogP contribution is 2.43. The first kappa shape index (κ1) is 21.3. The van der Waals surface area contributed by atoms with Crippen LogP contribution in [0.2, 0.25) is 0 Å². The van der Waals surface area contributed by atoms with E-state index in [4.69, 9.17) is 0 Å². The average Bonchev–Trinajstić information content (AvgIpc) is 2.96. The first-order chi connectivity index (χ1) is 13.8. The summed E-state index contributed by atoms with van der Waals surface area (Å²) in [6, 6.07) is 11.9. The molecule has 0 N–H and O–H groups in total. The van der Waals surface area contributed by atoms with Gasteiger partial charge in [0.15, 0.2) is 0 Å². The number of rotatable bonds is 6. The quantitative estimate of drug-likeness (QED) is 0.695. The third kappa shape index (κ3) is 4.61. The first-order valence-corrected chi connectivity index (χ1v) is 10.5. The Hall–Kier alpha value is -2.41. The van der Waals surface area contributed by atoms with Crippen molar-refractivity contribution in [2.45, 2.75) is 37.4 Å².